The van der Waals surface area contributed by atoms with Crippen molar-refractivity contribution in [3.63, 3.8) is 0 Å². The van der Waals surface area contributed by atoms with Crippen LogP contribution in [0.2, 0.25) is 5.02 Å². The van der Waals surface area contributed by atoms with Gasteiger partial charge in [0.05, 0.1) is 9.50 Å². The van der Waals surface area contributed by atoms with E-state index >= 15 is 4.39 Å². The molecule has 3 fully saturated rings. The lowest BCUT2D eigenvalue weighted by Crippen LogP contribution is -2.73. The molecular formula is C24H30BrClFN5O3. The highest BCUT2D eigenvalue weighted by molar-refractivity contribution is 9.10. The van der Waals surface area contributed by atoms with Gasteiger partial charge >= 0.3 is 12.1 Å². The number of benzene rings is 1. The number of hydrogen-bond donors (Lipinski definition) is 0. The number of anilines is 1. The first-order valence-electron chi connectivity index (χ1n) is 11.9. The molecule has 5 rings (SSSR count). The normalized spacial score (nSPS) is 20.7. The average Bonchev–Trinajstić information content (AvgIpc) is 2.71. The smallest absolute Gasteiger partial charge is 0.410 e. The van der Waals surface area contributed by atoms with Crippen molar-refractivity contribution in [3.8, 4) is 6.01 Å². The van der Waals surface area contributed by atoms with Crippen LogP contribution in [-0.2, 0) is 4.74 Å². The highest BCUT2D eigenvalue weighted by atomic mass is 79.9. The zero-order valence-electron chi connectivity index (χ0n) is 20.4. The minimum atomic E-state index is -0.528. The van der Waals surface area contributed by atoms with Gasteiger partial charge in [-0.2, -0.15) is 9.97 Å². The van der Waals surface area contributed by atoms with Crippen molar-refractivity contribution in [2.75, 3.05) is 51.2 Å². The molecule has 190 valence electrons. The summed E-state index contributed by atoms with van der Waals surface area (Å²) < 4.78 is 27.0. The Morgan fingerprint density at radius 3 is 2.49 bits per heavy atom. The summed E-state index contributed by atoms with van der Waals surface area (Å²) in [6, 6.07) is 1.87. The fourth-order valence-electron chi connectivity index (χ4n) is 5.01. The van der Waals surface area contributed by atoms with Gasteiger partial charge in [-0.15, -0.1) is 0 Å². The van der Waals surface area contributed by atoms with Gasteiger partial charge < -0.3 is 24.2 Å². The maximum absolute atomic E-state index is 15.2. The van der Waals surface area contributed by atoms with Gasteiger partial charge in [0.1, 0.15) is 23.0 Å². The molecule has 0 bridgehead atoms. The van der Waals surface area contributed by atoms with E-state index in [1.165, 1.54) is 0 Å². The molecule has 8 nitrogen and oxygen atoms in total. The minimum Gasteiger partial charge on any atom is -0.460 e. The van der Waals surface area contributed by atoms with E-state index in [0.29, 0.717) is 37.4 Å². The molecule has 0 atom stereocenters. The summed E-state index contributed by atoms with van der Waals surface area (Å²) in [5.41, 5.74) is -0.354. The number of halogens is 3. The summed E-state index contributed by atoms with van der Waals surface area (Å²) in [4.78, 5) is 27.5. The van der Waals surface area contributed by atoms with Gasteiger partial charge in [-0.1, -0.05) is 11.6 Å². The maximum atomic E-state index is 15.2. The van der Waals surface area contributed by atoms with Crippen LogP contribution < -0.4 is 9.64 Å². The standard InChI is InChI=1S/C24H30BrClFN5O3/c1-23(2,3)35-22(33)32-12-24(13-32)10-31(11-24)20-15-9-16(26)17(25)18(27)19(15)28-21(29-20)34-14-5-7-30(4)8-6-14/h9,14H,5-8,10-13H2,1-4H3. The second-order valence-corrected chi connectivity index (χ2v) is 12.2. The van der Waals surface area contributed by atoms with Gasteiger partial charge in [0.2, 0.25) is 0 Å². The fourth-order valence-corrected chi connectivity index (χ4v) is 5.51. The predicted molar refractivity (Wildman–Crippen MR) is 136 cm³/mol. The molecule has 3 saturated heterocycles. The van der Waals surface area contributed by atoms with Crippen LogP contribution >= 0.6 is 27.5 Å². The van der Waals surface area contributed by atoms with Crippen LogP contribution in [0.25, 0.3) is 10.9 Å². The second kappa shape index (κ2) is 8.88. The Morgan fingerprint density at radius 2 is 1.86 bits per heavy atom. The van der Waals surface area contributed by atoms with E-state index < -0.39 is 11.4 Å². The Morgan fingerprint density at radius 1 is 1.20 bits per heavy atom. The number of hydrogen-bond acceptors (Lipinski definition) is 7. The molecule has 11 heteroatoms. The van der Waals surface area contributed by atoms with Crippen molar-refractivity contribution in [3.05, 3.63) is 21.4 Å². The Balaban J connectivity index is 1.36. The number of carbonyl (C=O) groups is 1. The van der Waals surface area contributed by atoms with Crippen molar-refractivity contribution in [1.29, 1.82) is 0 Å². The summed E-state index contributed by atoms with van der Waals surface area (Å²) in [7, 11) is 2.08. The molecule has 3 aliphatic heterocycles. The van der Waals surface area contributed by atoms with Gasteiger partial charge in [-0.05, 0) is 62.7 Å². The highest BCUT2D eigenvalue weighted by Gasteiger charge is 2.54. The molecule has 1 aromatic carbocycles. The van der Waals surface area contributed by atoms with E-state index in [1.54, 1.807) is 11.0 Å². The average molecular weight is 571 g/mol. The Hall–Kier alpha value is -1.91. The van der Waals surface area contributed by atoms with Crippen molar-refractivity contribution < 1.29 is 18.7 Å². The third-order valence-electron chi connectivity index (χ3n) is 6.78. The summed E-state index contributed by atoms with van der Waals surface area (Å²) >= 11 is 9.51. The van der Waals surface area contributed by atoms with Gasteiger partial charge in [-0.3, -0.25) is 0 Å². The molecule has 4 heterocycles. The van der Waals surface area contributed by atoms with Gasteiger partial charge in [0, 0.05) is 50.1 Å². The lowest BCUT2D eigenvalue weighted by Gasteiger charge is -2.60. The molecule has 0 N–H and O–H groups in total. The predicted octanol–water partition coefficient (Wildman–Crippen LogP) is 4.71. The Kier molecular flexibility index (Phi) is 6.29. The van der Waals surface area contributed by atoms with Gasteiger partial charge in [0.15, 0.2) is 5.82 Å². The number of carbonyl (C=O) groups excluding carboxylic acids is 1. The SMILES string of the molecule is CN1CCC(Oc2nc(N3CC4(CN(C(=O)OC(C)(C)C)C4)C3)c3cc(Cl)c(Br)c(F)c3n2)CC1. The number of ether oxygens (including phenoxy) is 2. The largest absolute Gasteiger partial charge is 0.460 e. The van der Waals surface area contributed by atoms with Crippen LogP contribution in [-0.4, -0.2) is 83.9 Å². The molecule has 3 aliphatic rings. The van der Waals surface area contributed by atoms with Crippen LogP contribution in [0.5, 0.6) is 6.01 Å². The summed E-state index contributed by atoms with van der Waals surface area (Å²) in [5, 5.41) is 0.809. The number of amides is 1. The topological polar surface area (TPSA) is 71.0 Å². The first-order chi connectivity index (χ1) is 16.4. The first-order valence-corrected chi connectivity index (χ1v) is 13.0. The zero-order chi connectivity index (χ0) is 25.1. The molecule has 0 unspecified atom stereocenters. The van der Waals surface area contributed by atoms with Gasteiger partial charge in [0.25, 0.3) is 0 Å². The maximum Gasteiger partial charge on any atom is 0.410 e. The van der Waals surface area contributed by atoms with E-state index in [2.05, 4.69) is 37.8 Å². The van der Waals surface area contributed by atoms with Crippen LogP contribution in [0.15, 0.2) is 10.5 Å². The molecule has 1 amide bonds. The van der Waals surface area contributed by atoms with E-state index in [0.717, 1.165) is 25.9 Å². The third-order valence-corrected chi connectivity index (χ3v) is 8.08. The van der Waals surface area contributed by atoms with Gasteiger partial charge in [-0.25, -0.2) is 9.18 Å². The zero-order valence-corrected chi connectivity index (χ0v) is 22.7. The summed E-state index contributed by atoms with van der Waals surface area (Å²) in [6.07, 6.45) is 1.44. The molecule has 0 saturated carbocycles. The van der Waals surface area contributed by atoms with Crippen LogP contribution in [0.1, 0.15) is 33.6 Å². The Bertz CT molecular complexity index is 1150. The highest BCUT2D eigenvalue weighted by Crippen LogP contribution is 2.45. The van der Waals surface area contributed by atoms with E-state index in [4.69, 9.17) is 26.1 Å². The number of likely N-dealkylation sites (tertiary alicyclic amines) is 2. The summed E-state index contributed by atoms with van der Waals surface area (Å²) in [6.45, 7) is 10.1. The number of nitrogens with zero attached hydrogens (tertiary/aromatic N) is 5. The molecular weight excluding hydrogens is 541 g/mol. The minimum absolute atomic E-state index is 0.00736. The quantitative estimate of drug-likeness (QED) is 0.495. The van der Waals surface area contributed by atoms with Crippen LogP contribution in [0.4, 0.5) is 15.0 Å². The van der Waals surface area contributed by atoms with E-state index in [9.17, 15) is 4.79 Å². The van der Waals surface area contributed by atoms with Crippen LogP contribution in [0.3, 0.4) is 0 Å². The summed E-state index contributed by atoms with van der Waals surface area (Å²) in [5.74, 6) is 0.0759. The number of rotatable bonds is 3. The van der Waals surface area contributed by atoms with Crippen molar-refractivity contribution in [2.45, 2.75) is 45.3 Å². The molecule has 0 aliphatic carbocycles. The molecule has 1 spiro atoms. The van der Waals surface area contributed by atoms with Crippen LogP contribution in [0, 0.1) is 11.2 Å². The Labute approximate surface area is 217 Å². The second-order valence-electron chi connectivity index (χ2n) is 11.0. The number of aromatic nitrogens is 2. The molecule has 2 aromatic rings. The molecule has 0 radical (unpaired) electrons. The lowest BCUT2D eigenvalue weighted by atomic mass is 9.73. The molecule has 1 aromatic heterocycles. The van der Waals surface area contributed by atoms with Crippen molar-refractivity contribution in [1.82, 2.24) is 19.8 Å². The van der Waals surface area contributed by atoms with Crippen molar-refractivity contribution >= 4 is 50.3 Å². The van der Waals surface area contributed by atoms with E-state index in [1.807, 2.05) is 20.8 Å². The van der Waals surface area contributed by atoms with E-state index in [-0.39, 0.29) is 38.6 Å². The molecule has 35 heavy (non-hydrogen) atoms. The first kappa shape index (κ1) is 24.8. The number of fused-ring (bicyclic) bond motifs is 1. The monoisotopic (exact) mass is 569 g/mol. The fraction of sp³-hybridized carbons (Fsp3) is 0.625. The number of piperidine rings is 1. The third kappa shape index (κ3) is 4.89. The lowest BCUT2D eigenvalue weighted by molar-refractivity contribution is -0.0454. The van der Waals surface area contributed by atoms with Crippen molar-refractivity contribution in [2.24, 2.45) is 5.41 Å².